The third-order valence-corrected chi connectivity index (χ3v) is 7.46. The fourth-order valence-electron chi connectivity index (χ4n) is 4.53. The number of halogens is 1. The fraction of sp³-hybridized carbons (Fsp3) is 0.312. The molecule has 0 spiro atoms. The Morgan fingerprint density at radius 1 is 1.05 bits per heavy atom. The molecule has 0 amide bonds. The number of benzene rings is 3. The highest BCUT2D eigenvalue weighted by Gasteiger charge is 2.15. The van der Waals surface area contributed by atoms with Crippen molar-refractivity contribution in [3.05, 3.63) is 106 Å². The first kappa shape index (κ1) is 27.5. The van der Waals surface area contributed by atoms with E-state index in [4.69, 9.17) is 9.72 Å². The molecule has 38 heavy (non-hydrogen) atoms. The van der Waals surface area contributed by atoms with Crippen LogP contribution in [0.3, 0.4) is 0 Å². The van der Waals surface area contributed by atoms with Crippen LogP contribution in [0.15, 0.2) is 78.2 Å². The lowest BCUT2D eigenvalue weighted by Crippen LogP contribution is -2.06. The number of aryl methyl sites for hydroxylation is 1. The van der Waals surface area contributed by atoms with Crippen LogP contribution in [0.4, 0.5) is 10.1 Å². The van der Waals surface area contributed by atoms with E-state index in [1.54, 1.807) is 24.3 Å². The van der Waals surface area contributed by atoms with Gasteiger partial charge in [0.05, 0.1) is 17.3 Å². The predicted molar refractivity (Wildman–Crippen MR) is 154 cm³/mol. The van der Waals surface area contributed by atoms with Crippen LogP contribution in [0, 0.1) is 5.82 Å². The first-order valence-electron chi connectivity index (χ1n) is 13.3. The quantitative estimate of drug-likeness (QED) is 0.177. The lowest BCUT2D eigenvalue weighted by Gasteiger charge is -2.16. The van der Waals surface area contributed by atoms with Crippen LogP contribution in [-0.4, -0.2) is 17.6 Å². The van der Waals surface area contributed by atoms with Gasteiger partial charge in [-0.1, -0.05) is 74.0 Å². The number of hydrogen-bond donors (Lipinski definition) is 1. The second kappa shape index (κ2) is 13.9. The molecule has 0 aliphatic rings. The molecule has 1 unspecified atom stereocenters. The van der Waals surface area contributed by atoms with Crippen molar-refractivity contribution in [2.45, 2.75) is 58.4 Å². The average molecular weight is 531 g/mol. The molecule has 0 saturated carbocycles. The minimum Gasteiger partial charge on any atom is -0.466 e. The van der Waals surface area contributed by atoms with E-state index in [1.165, 1.54) is 16.6 Å². The van der Waals surface area contributed by atoms with E-state index in [0.717, 1.165) is 36.1 Å². The zero-order chi connectivity index (χ0) is 26.7. The molecule has 3 aromatic carbocycles. The van der Waals surface area contributed by atoms with Crippen molar-refractivity contribution in [3.8, 4) is 11.3 Å². The zero-order valence-electron chi connectivity index (χ0n) is 22.1. The Labute approximate surface area is 228 Å². The molecule has 0 radical (unpaired) electrons. The van der Waals surface area contributed by atoms with Gasteiger partial charge in [0.25, 0.3) is 0 Å². The summed E-state index contributed by atoms with van der Waals surface area (Å²) in [7, 11) is 0. The molecule has 4 aromatic rings. The second-order valence-electron chi connectivity index (χ2n) is 9.39. The van der Waals surface area contributed by atoms with E-state index in [2.05, 4.69) is 54.0 Å². The number of thiazole rings is 1. The van der Waals surface area contributed by atoms with Gasteiger partial charge in [-0.2, -0.15) is 0 Å². The van der Waals surface area contributed by atoms with Crippen LogP contribution in [0.1, 0.15) is 60.7 Å². The van der Waals surface area contributed by atoms with Crippen molar-refractivity contribution in [2.24, 2.45) is 0 Å². The average Bonchev–Trinajstić information content (AvgIpc) is 3.41. The highest BCUT2D eigenvalue weighted by Crippen LogP contribution is 2.30. The van der Waals surface area contributed by atoms with Gasteiger partial charge in [-0.15, -0.1) is 11.3 Å². The standard InChI is InChI=1S/C32H35FN2O2S/c1-3-8-27(19-31-35-30(22-38-31)26-9-6-5-7-10-26)24-13-11-23(12-14-24)21-34-28-17-15-25(29(33)20-28)16-18-32(36)37-4-2/h5-7,9-15,17,20,22,27,34H,3-4,8,16,18-19,21H2,1-2H3. The molecule has 4 rings (SSSR count). The summed E-state index contributed by atoms with van der Waals surface area (Å²) >= 11 is 1.74. The van der Waals surface area contributed by atoms with E-state index >= 15 is 0 Å². The van der Waals surface area contributed by atoms with Gasteiger partial charge in [0.15, 0.2) is 0 Å². The maximum Gasteiger partial charge on any atom is 0.306 e. The second-order valence-corrected chi connectivity index (χ2v) is 10.3. The lowest BCUT2D eigenvalue weighted by atomic mass is 9.91. The summed E-state index contributed by atoms with van der Waals surface area (Å²) in [5.74, 6) is -0.190. The number of carbonyl (C=O) groups excluding carboxylic acids is 1. The van der Waals surface area contributed by atoms with Gasteiger partial charge in [0, 0.05) is 36.0 Å². The minimum atomic E-state index is -0.310. The number of nitrogens with zero attached hydrogens (tertiary/aromatic N) is 1. The Morgan fingerprint density at radius 3 is 2.55 bits per heavy atom. The van der Waals surface area contributed by atoms with Gasteiger partial charge in [-0.25, -0.2) is 9.37 Å². The number of rotatable bonds is 13. The number of aromatic nitrogens is 1. The third kappa shape index (κ3) is 7.75. The number of hydrogen-bond acceptors (Lipinski definition) is 5. The van der Waals surface area contributed by atoms with Crippen LogP contribution in [0.2, 0.25) is 0 Å². The van der Waals surface area contributed by atoms with E-state index < -0.39 is 0 Å². The van der Waals surface area contributed by atoms with E-state index in [1.807, 2.05) is 24.3 Å². The summed E-state index contributed by atoms with van der Waals surface area (Å²) < 4.78 is 19.4. The molecule has 198 valence electrons. The molecule has 1 N–H and O–H groups in total. The van der Waals surface area contributed by atoms with E-state index in [9.17, 15) is 9.18 Å². The molecular weight excluding hydrogens is 495 g/mol. The van der Waals surface area contributed by atoms with Crippen molar-refractivity contribution in [1.29, 1.82) is 0 Å². The molecule has 1 atom stereocenters. The number of nitrogens with one attached hydrogen (secondary N) is 1. The first-order chi connectivity index (χ1) is 18.6. The smallest absolute Gasteiger partial charge is 0.306 e. The third-order valence-electron chi connectivity index (χ3n) is 6.58. The number of esters is 1. The topological polar surface area (TPSA) is 51.2 Å². The molecule has 0 bridgehead atoms. The molecule has 4 nitrogen and oxygen atoms in total. The Hall–Kier alpha value is -3.51. The molecule has 6 heteroatoms. The highest BCUT2D eigenvalue weighted by atomic mass is 32.1. The van der Waals surface area contributed by atoms with Crippen LogP contribution < -0.4 is 5.32 Å². The summed E-state index contributed by atoms with van der Waals surface area (Å²) in [4.78, 5) is 16.4. The molecular formula is C32H35FN2O2S. The summed E-state index contributed by atoms with van der Waals surface area (Å²) in [6.07, 6.45) is 3.68. The van der Waals surface area contributed by atoms with Crippen LogP contribution >= 0.6 is 11.3 Å². The van der Waals surface area contributed by atoms with Crippen molar-refractivity contribution in [2.75, 3.05) is 11.9 Å². The van der Waals surface area contributed by atoms with Crippen LogP contribution in [0.5, 0.6) is 0 Å². The van der Waals surface area contributed by atoms with Crippen molar-refractivity contribution in [1.82, 2.24) is 4.98 Å². The SMILES string of the molecule is CCCC(Cc1nc(-c2ccccc2)cs1)c1ccc(CNc2ccc(CCC(=O)OCC)c(F)c2)cc1. The normalized spacial score (nSPS) is 11.8. The number of ether oxygens (including phenoxy) is 1. The summed E-state index contributed by atoms with van der Waals surface area (Å²) in [6, 6.07) is 24.1. The number of anilines is 1. The van der Waals surface area contributed by atoms with Gasteiger partial charge >= 0.3 is 5.97 Å². The van der Waals surface area contributed by atoms with Gasteiger partial charge < -0.3 is 10.1 Å². The maximum absolute atomic E-state index is 14.5. The van der Waals surface area contributed by atoms with Gasteiger partial charge in [0.2, 0.25) is 0 Å². The summed E-state index contributed by atoms with van der Waals surface area (Å²) in [5.41, 5.74) is 5.90. The number of carbonyl (C=O) groups is 1. The molecule has 0 aliphatic carbocycles. The van der Waals surface area contributed by atoms with Crippen molar-refractivity contribution >= 4 is 23.0 Å². The molecule has 0 saturated heterocycles. The van der Waals surface area contributed by atoms with Gasteiger partial charge in [0.1, 0.15) is 5.82 Å². The zero-order valence-corrected chi connectivity index (χ0v) is 22.9. The van der Waals surface area contributed by atoms with Crippen LogP contribution in [-0.2, 0) is 28.9 Å². The summed E-state index contributed by atoms with van der Waals surface area (Å²) in [6.45, 7) is 4.93. The Morgan fingerprint density at radius 2 is 1.84 bits per heavy atom. The monoisotopic (exact) mass is 530 g/mol. The summed E-state index contributed by atoms with van der Waals surface area (Å²) in [5, 5.41) is 6.62. The van der Waals surface area contributed by atoms with Gasteiger partial charge in [-0.05, 0) is 54.5 Å². The lowest BCUT2D eigenvalue weighted by molar-refractivity contribution is -0.143. The fourth-order valence-corrected chi connectivity index (χ4v) is 5.42. The minimum absolute atomic E-state index is 0.180. The molecule has 1 aromatic heterocycles. The Bertz CT molecular complexity index is 1300. The largest absolute Gasteiger partial charge is 0.466 e. The van der Waals surface area contributed by atoms with Crippen molar-refractivity contribution < 1.29 is 13.9 Å². The first-order valence-corrected chi connectivity index (χ1v) is 14.2. The predicted octanol–water partition coefficient (Wildman–Crippen LogP) is 8.18. The molecule has 1 heterocycles. The highest BCUT2D eigenvalue weighted by molar-refractivity contribution is 7.09. The van der Waals surface area contributed by atoms with E-state index in [0.29, 0.717) is 36.7 Å². The van der Waals surface area contributed by atoms with Gasteiger partial charge in [-0.3, -0.25) is 4.79 Å². The maximum atomic E-state index is 14.5. The Balaban J connectivity index is 1.33. The van der Waals surface area contributed by atoms with Crippen LogP contribution in [0.25, 0.3) is 11.3 Å². The molecule has 0 aliphatic heterocycles. The van der Waals surface area contributed by atoms with E-state index in [-0.39, 0.29) is 18.2 Å². The molecule has 0 fully saturated rings. The Kier molecular flexibility index (Phi) is 10.0. The van der Waals surface area contributed by atoms with Crippen molar-refractivity contribution in [3.63, 3.8) is 0 Å².